The van der Waals surface area contributed by atoms with Gasteiger partial charge >= 0.3 is 0 Å². The molecule has 0 radical (unpaired) electrons. The van der Waals surface area contributed by atoms with Gasteiger partial charge in [-0.3, -0.25) is 4.68 Å². The highest BCUT2D eigenvalue weighted by Gasteiger charge is 2.21. The Bertz CT molecular complexity index is 314. The molecule has 1 aromatic heterocycles. The van der Waals surface area contributed by atoms with Crippen molar-refractivity contribution in [1.82, 2.24) is 9.78 Å². The van der Waals surface area contributed by atoms with Gasteiger partial charge in [0, 0.05) is 6.20 Å². The number of hydrogen-bond acceptors (Lipinski definition) is 1. The Morgan fingerprint density at radius 3 is 2.53 bits per heavy atom. The number of nitrogens with zero attached hydrogens (tertiary/aromatic N) is 2. The minimum atomic E-state index is -2.45. The summed E-state index contributed by atoms with van der Waals surface area (Å²) >= 11 is 0. The van der Waals surface area contributed by atoms with Crippen molar-refractivity contribution in [2.75, 3.05) is 0 Å². The third-order valence-corrected chi connectivity index (χ3v) is 3.21. The molecule has 1 heterocycles. The first-order valence-corrected chi connectivity index (χ1v) is 5.50. The maximum absolute atomic E-state index is 12.3. The lowest BCUT2D eigenvalue weighted by molar-refractivity contribution is 0.143. The molecule has 4 heteroatoms. The van der Waals surface area contributed by atoms with Gasteiger partial charge < -0.3 is 0 Å². The maximum Gasteiger partial charge on any atom is 0.282 e. The Morgan fingerprint density at radius 2 is 2.00 bits per heavy atom. The molecule has 1 aliphatic carbocycles. The van der Waals surface area contributed by atoms with Crippen molar-refractivity contribution in [2.24, 2.45) is 5.92 Å². The van der Waals surface area contributed by atoms with Crippen molar-refractivity contribution in [3.05, 3.63) is 18.0 Å². The molecule has 0 amide bonds. The predicted molar refractivity (Wildman–Crippen MR) is 53.9 cm³/mol. The van der Waals surface area contributed by atoms with Crippen molar-refractivity contribution in [3.8, 4) is 0 Å². The Hall–Kier alpha value is -0.930. The minimum absolute atomic E-state index is 0.103. The summed E-state index contributed by atoms with van der Waals surface area (Å²) in [6, 6.07) is 1.75. The van der Waals surface area contributed by atoms with Crippen LogP contribution in [0, 0.1) is 5.92 Å². The van der Waals surface area contributed by atoms with Crippen molar-refractivity contribution in [1.29, 1.82) is 0 Å². The molecule has 0 atom stereocenters. The van der Waals surface area contributed by atoms with Crippen molar-refractivity contribution < 1.29 is 8.78 Å². The van der Waals surface area contributed by atoms with E-state index in [4.69, 9.17) is 0 Å². The third-order valence-electron chi connectivity index (χ3n) is 3.21. The highest BCUT2D eigenvalue weighted by Crippen LogP contribution is 2.31. The third kappa shape index (κ3) is 2.36. The van der Waals surface area contributed by atoms with E-state index in [0.29, 0.717) is 6.04 Å². The second-order valence-corrected chi connectivity index (χ2v) is 4.44. The zero-order valence-corrected chi connectivity index (χ0v) is 8.87. The summed E-state index contributed by atoms with van der Waals surface area (Å²) in [7, 11) is 0. The lowest BCUT2D eigenvalue weighted by Gasteiger charge is -2.26. The summed E-state index contributed by atoms with van der Waals surface area (Å²) < 4.78 is 26.4. The second kappa shape index (κ2) is 4.29. The summed E-state index contributed by atoms with van der Waals surface area (Å²) in [5, 5.41) is 3.93. The summed E-state index contributed by atoms with van der Waals surface area (Å²) in [6.45, 7) is 2.24. The predicted octanol–water partition coefficient (Wildman–Crippen LogP) is 3.57. The van der Waals surface area contributed by atoms with E-state index < -0.39 is 6.43 Å². The second-order valence-electron chi connectivity index (χ2n) is 4.44. The van der Waals surface area contributed by atoms with Gasteiger partial charge in [-0.2, -0.15) is 5.10 Å². The van der Waals surface area contributed by atoms with Gasteiger partial charge in [0.1, 0.15) is 5.69 Å². The number of alkyl halides is 2. The van der Waals surface area contributed by atoms with Crippen LogP contribution in [-0.2, 0) is 0 Å². The Kier molecular flexibility index (Phi) is 3.03. The van der Waals surface area contributed by atoms with Crippen molar-refractivity contribution >= 4 is 0 Å². The number of rotatable bonds is 2. The standard InChI is InChI=1S/C11H16F2N2/c1-8-2-4-9(5-3-8)15-7-6-10(14-15)11(12)13/h6-9,11H,2-5H2,1H3. The highest BCUT2D eigenvalue weighted by molar-refractivity contribution is 5.01. The molecule has 2 nitrogen and oxygen atoms in total. The molecule has 1 aliphatic rings. The van der Waals surface area contributed by atoms with Crippen LogP contribution in [0.1, 0.15) is 50.8 Å². The van der Waals surface area contributed by atoms with Crippen molar-refractivity contribution in [2.45, 2.75) is 45.1 Å². The van der Waals surface area contributed by atoms with Crippen LogP contribution >= 0.6 is 0 Å². The SMILES string of the molecule is CC1CCC(n2ccc(C(F)F)n2)CC1. The lowest BCUT2D eigenvalue weighted by Crippen LogP contribution is -2.17. The quantitative estimate of drug-likeness (QED) is 0.735. The summed E-state index contributed by atoms with van der Waals surface area (Å²) in [5.74, 6) is 0.770. The minimum Gasteiger partial charge on any atom is -0.269 e. The van der Waals surface area contributed by atoms with E-state index in [9.17, 15) is 8.78 Å². The number of aromatic nitrogens is 2. The largest absolute Gasteiger partial charge is 0.282 e. The Labute approximate surface area is 88.3 Å². The zero-order chi connectivity index (χ0) is 10.8. The molecule has 1 aromatic rings. The molecule has 0 aliphatic heterocycles. The molecule has 1 fully saturated rings. The molecular weight excluding hydrogens is 198 g/mol. The molecule has 1 saturated carbocycles. The maximum atomic E-state index is 12.3. The summed E-state index contributed by atoms with van der Waals surface area (Å²) in [5.41, 5.74) is -0.103. The van der Waals surface area contributed by atoms with Crippen LogP contribution in [-0.4, -0.2) is 9.78 Å². The van der Waals surface area contributed by atoms with Gasteiger partial charge in [-0.15, -0.1) is 0 Å². The van der Waals surface area contributed by atoms with E-state index in [2.05, 4.69) is 12.0 Å². The molecular formula is C11H16F2N2. The normalized spacial score (nSPS) is 27.2. The number of hydrogen-bond donors (Lipinski definition) is 0. The van der Waals surface area contributed by atoms with Gasteiger partial charge in [-0.25, -0.2) is 8.78 Å². The van der Waals surface area contributed by atoms with Gasteiger partial charge in [-0.05, 0) is 37.7 Å². The van der Waals surface area contributed by atoms with Gasteiger partial charge in [0.15, 0.2) is 0 Å². The zero-order valence-electron chi connectivity index (χ0n) is 8.87. The van der Waals surface area contributed by atoms with Crippen LogP contribution < -0.4 is 0 Å². The summed E-state index contributed by atoms with van der Waals surface area (Å²) in [6.07, 6.45) is 3.70. The monoisotopic (exact) mass is 214 g/mol. The molecule has 0 saturated heterocycles. The number of halogens is 2. The highest BCUT2D eigenvalue weighted by atomic mass is 19.3. The van der Waals surface area contributed by atoms with E-state index in [1.165, 1.54) is 18.9 Å². The van der Waals surface area contributed by atoms with Crippen LogP contribution in [0.2, 0.25) is 0 Å². The van der Waals surface area contributed by atoms with Crippen LogP contribution in [0.15, 0.2) is 12.3 Å². The molecule has 2 rings (SSSR count). The Morgan fingerprint density at radius 1 is 1.33 bits per heavy atom. The molecule has 0 bridgehead atoms. The first-order valence-electron chi connectivity index (χ1n) is 5.50. The Balaban J connectivity index is 2.03. The average Bonchev–Trinajstić information content (AvgIpc) is 2.68. The van der Waals surface area contributed by atoms with Crippen LogP contribution in [0.3, 0.4) is 0 Å². The van der Waals surface area contributed by atoms with Gasteiger partial charge in [0.2, 0.25) is 0 Å². The smallest absolute Gasteiger partial charge is 0.269 e. The molecule has 84 valence electrons. The van der Waals surface area contributed by atoms with E-state index in [0.717, 1.165) is 18.8 Å². The molecule has 0 N–H and O–H groups in total. The van der Waals surface area contributed by atoms with Crippen LogP contribution in [0.5, 0.6) is 0 Å². The molecule has 0 spiro atoms. The average molecular weight is 214 g/mol. The fourth-order valence-corrected chi connectivity index (χ4v) is 2.18. The van der Waals surface area contributed by atoms with E-state index in [1.54, 1.807) is 10.9 Å². The van der Waals surface area contributed by atoms with E-state index >= 15 is 0 Å². The topological polar surface area (TPSA) is 17.8 Å². The fourth-order valence-electron chi connectivity index (χ4n) is 2.18. The molecule has 0 unspecified atom stereocenters. The fraction of sp³-hybridized carbons (Fsp3) is 0.727. The van der Waals surface area contributed by atoms with Gasteiger partial charge in [0.05, 0.1) is 6.04 Å². The van der Waals surface area contributed by atoms with Gasteiger partial charge in [-0.1, -0.05) is 6.92 Å². The lowest BCUT2D eigenvalue weighted by atomic mass is 9.87. The van der Waals surface area contributed by atoms with E-state index in [-0.39, 0.29) is 5.69 Å². The first kappa shape index (κ1) is 10.6. The molecule has 15 heavy (non-hydrogen) atoms. The first-order chi connectivity index (χ1) is 7.16. The van der Waals surface area contributed by atoms with Crippen LogP contribution in [0.4, 0.5) is 8.78 Å². The van der Waals surface area contributed by atoms with Crippen LogP contribution in [0.25, 0.3) is 0 Å². The van der Waals surface area contributed by atoms with E-state index in [1.807, 2.05) is 0 Å². The van der Waals surface area contributed by atoms with Crippen molar-refractivity contribution in [3.63, 3.8) is 0 Å². The molecule has 0 aromatic carbocycles. The summed E-state index contributed by atoms with van der Waals surface area (Å²) in [4.78, 5) is 0. The van der Waals surface area contributed by atoms with Gasteiger partial charge in [0.25, 0.3) is 6.43 Å².